The summed E-state index contributed by atoms with van der Waals surface area (Å²) in [6.45, 7) is 0. The lowest BCUT2D eigenvalue weighted by Crippen LogP contribution is -2.12. The van der Waals surface area contributed by atoms with Gasteiger partial charge in [-0.2, -0.15) is 5.26 Å². The van der Waals surface area contributed by atoms with Gasteiger partial charge in [-0.25, -0.2) is 13.4 Å². The van der Waals surface area contributed by atoms with Crippen molar-refractivity contribution in [2.24, 2.45) is 0 Å². The molecule has 0 aliphatic carbocycles. The number of halogens is 1. The van der Waals surface area contributed by atoms with Crippen molar-refractivity contribution >= 4 is 54.0 Å². The minimum Gasteiger partial charge on any atom is -0.435 e. The molecule has 0 aliphatic heterocycles. The number of rotatable bonds is 6. The van der Waals surface area contributed by atoms with Crippen LogP contribution in [0.5, 0.6) is 0 Å². The van der Waals surface area contributed by atoms with E-state index in [9.17, 15) is 13.7 Å². The summed E-state index contributed by atoms with van der Waals surface area (Å²) >= 11 is 3.31. The SMILES string of the molecule is N#C/C(=C\Nc1ccc(S(=O)(=O)Nc2ccc(Br)cc2)cc1)c1nc2ccccc2o1. The molecule has 0 fully saturated rings. The Kier molecular flexibility index (Phi) is 5.75. The van der Waals surface area contributed by atoms with E-state index in [0.717, 1.165) is 4.47 Å². The van der Waals surface area contributed by atoms with Crippen LogP contribution in [0.2, 0.25) is 0 Å². The lowest BCUT2D eigenvalue weighted by molar-refractivity contribution is 0.586. The number of oxazole rings is 1. The van der Waals surface area contributed by atoms with Gasteiger partial charge in [0.25, 0.3) is 10.0 Å². The molecule has 1 aromatic heterocycles. The van der Waals surface area contributed by atoms with Gasteiger partial charge in [0.05, 0.1) is 4.90 Å². The summed E-state index contributed by atoms with van der Waals surface area (Å²) in [4.78, 5) is 4.42. The van der Waals surface area contributed by atoms with Crippen LogP contribution in [0.3, 0.4) is 0 Å². The molecular weight excluding hydrogens is 480 g/mol. The number of fused-ring (bicyclic) bond motifs is 1. The third-order valence-electron chi connectivity index (χ3n) is 4.29. The fourth-order valence-electron chi connectivity index (χ4n) is 2.75. The zero-order chi connectivity index (χ0) is 21.8. The predicted molar refractivity (Wildman–Crippen MR) is 123 cm³/mol. The van der Waals surface area contributed by atoms with Gasteiger partial charge in [-0.3, -0.25) is 4.72 Å². The largest absolute Gasteiger partial charge is 0.435 e. The van der Waals surface area contributed by atoms with E-state index in [0.29, 0.717) is 22.5 Å². The van der Waals surface area contributed by atoms with E-state index < -0.39 is 10.0 Å². The van der Waals surface area contributed by atoms with Gasteiger partial charge in [-0.15, -0.1) is 0 Å². The highest BCUT2D eigenvalue weighted by atomic mass is 79.9. The molecule has 3 aromatic carbocycles. The Bertz CT molecular complexity index is 1370. The summed E-state index contributed by atoms with van der Waals surface area (Å²) in [5.41, 5.74) is 2.53. The molecule has 0 amide bonds. The molecule has 7 nitrogen and oxygen atoms in total. The zero-order valence-electron chi connectivity index (χ0n) is 15.9. The molecule has 2 N–H and O–H groups in total. The topological polar surface area (TPSA) is 108 Å². The molecule has 0 saturated heterocycles. The van der Waals surface area contributed by atoms with Crippen LogP contribution in [-0.4, -0.2) is 13.4 Å². The van der Waals surface area contributed by atoms with Gasteiger partial charge in [0.1, 0.15) is 17.2 Å². The maximum absolute atomic E-state index is 12.6. The highest BCUT2D eigenvalue weighted by Gasteiger charge is 2.14. The van der Waals surface area contributed by atoms with Crippen molar-refractivity contribution in [1.29, 1.82) is 5.26 Å². The van der Waals surface area contributed by atoms with E-state index in [1.165, 1.54) is 18.3 Å². The van der Waals surface area contributed by atoms with E-state index in [1.807, 2.05) is 18.2 Å². The number of para-hydroxylation sites is 2. The van der Waals surface area contributed by atoms with Crippen LogP contribution in [0.1, 0.15) is 5.89 Å². The number of allylic oxidation sites excluding steroid dienone is 1. The van der Waals surface area contributed by atoms with Gasteiger partial charge in [-0.05, 0) is 60.7 Å². The fraction of sp³-hybridized carbons (Fsp3) is 0. The number of benzene rings is 3. The lowest BCUT2D eigenvalue weighted by atomic mass is 10.3. The minimum atomic E-state index is -3.72. The van der Waals surface area contributed by atoms with E-state index in [-0.39, 0.29) is 16.4 Å². The first-order valence-corrected chi connectivity index (χ1v) is 11.3. The molecule has 4 aromatic rings. The van der Waals surface area contributed by atoms with E-state index in [4.69, 9.17) is 4.42 Å². The summed E-state index contributed by atoms with van der Waals surface area (Å²) in [5, 5.41) is 12.4. The Hall–Kier alpha value is -3.61. The molecule has 0 radical (unpaired) electrons. The average molecular weight is 495 g/mol. The van der Waals surface area contributed by atoms with Gasteiger partial charge in [-0.1, -0.05) is 28.1 Å². The maximum Gasteiger partial charge on any atom is 0.261 e. The molecule has 0 atom stereocenters. The van der Waals surface area contributed by atoms with Crippen LogP contribution >= 0.6 is 15.9 Å². The summed E-state index contributed by atoms with van der Waals surface area (Å²) in [6, 6.07) is 22.3. The summed E-state index contributed by atoms with van der Waals surface area (Å²) < 4.78 is 34.1. The average Bonchev–Trinajstić information content (AvgIpc) is 3.20. The first-order valence-electron chi connectivity index (χ1n) is 9.06. The number of anilines is 2. The van der Waals surface area contributed by atoms with E-state index in [1.54, 1.807) is 48.5 Å². The van der Waals surface area contributed by atoms with Crippen molar-refractivity contribution in [3.63, 3.8) is 0 Å². The molecular formula is C22H15BrN4O3S. The number of hydrogen-bond acceptors (Lipinski definition) is 6. The quantitative estimate of drug-likeness (QED) is 0.349. The second kappa shape index (κ2) is 8.63. The number of sulfonamides is 1. The first-order chi connectivity index (χ1) is 14.9. The van der Waals surface area contributed by atoms with Crippen LogP contribution in [0.4, 0.5) is 11.4 Å². The molecule has 0 bridgehead atoms. The third kappa shape index (κ3) is 4.77. The molecule has 0 aliphatic rings. The van der Waals surface area contributed by atoms with Crippen molar-refractivity contribution in [3.8, 4) is 6.07 Å². The zero-order valence-corrected chi connectivity index (χ0v) is 18.3. The van der Waals surface area contributed by atoms with Crippen LogP contribution in [0, 0.1) is 11.3 Å². The monoisotopic (exact) mass is 494 g/mol. The first kappa shape index (κ1) is 20.7. The lowest BCUT2D eigenvalue weighted by Gasteiger charge is -2.09. The fourth-order valence-corrected chi connectivity index (χ4v) is 4.07. The number of aromatic nitrogens is 1. The molecule has 9 heteroatoms. The summed E-state index contributed by atoms with van der Waals surface area (Å²) in [5.74, 6) is 0.203. The highest BCUT2D eigenvalue weighted by Crippen LogP contribution is 2.22. The van der Waals surface area contributed by atoms with Crippen LogP contribution in [0.25, 0.3) is 16.7 Å². The summed E-state index contributed by atoms with van der Waals surface area (Å²) in [6.07, 6.45) is 1.47. The highest BCUT2D eigenvalue weighted by molar-refractivity contribution is 9.10. The summed E-state index contributed by atoms with van der Waals surface area (Å²) in [7, 11) is -3.72. The van der Waals surface area contributed by atoms with Gasteiger partial charge in [0.15, 0.2) is 5.58 Å². The normalized spacial score (nSPS) is 11.8. The minimum absolute atomic E-state index is 0.115. The van der Waals surface area contributed by atoms with E-state index >= 15 is 0 Å². The van der Waals surface area contributed by atoms with Gasteiger partial charge < -0.3 is 9.73 Å². The number of hydrogen-bond donors (Lipinski definition) is 2. The Balaban J connectivity index is 1.49. The smallest absolute Gasteiger partial charge is 0.261 e. The van der Waals surface area contributed by atoms with Gasteiger partial charge >= 0.3 is 0 Å². The van der Waals surface area contributed by atoms with Crippen LogP contribution < -0.4 is 10.0 Å². The molecule has 0 saturated carbocycles. The maximum atomic E-state index is 12.6. The molecule has 4 rings (SSSR count). The molecule has 154 valence electrons. The Morgan fingerprint density at radius 3 is 2.35 bits per heavy atom. The number of nitrogens with zero attached hydrogens (tertiary/aromatic N) is 2. The molecule has 0 unspecified atom stereocenters. The molecule has 0 spiro atoms. The van der Waals surface area contributed by atoms with Crippen molar-refractivity contribution in [2.75, 3.05) is 10.0 Å². The van der Waals surface area contributed by atoms with Crippen molar-refractivity contribution in [1.82, 2.24) is 4.98 Å². The third-order valence-corrected chi connectivity index (χ3v) is 6.21. The Morgan fingerprint density at radius 1 is 1.00 bits per heavy atom. The second-order valence-electron chi connectivity index (χ2n) is 6.44. The number of nitriles is 1. The van der Waals surface area contributed by atoms with Crippen molar-refractivity contribution < 1.29 is 12.8 Å². The van der Waals surface area contributed by atoms with E-state index in [2.05, 4.69) is 31.0 Å². The Morgan fingerprint density at radius 2 is 1.68 bits per heavy atom. The van der Waals surface area contributed by atoms with Crippen molar-refractivity contribution in [2.45, 2.75) is 4.90 Å². The van der Waals surface area contributed by atoms with Gasteiger partial charge in [0.2, 0.25) is 5.89 Å². The second-order valence-corrected chi connectivity index (χ2v) is 9.04. The number of nitrogens with one attached hydrogen (secondary N) is 2. The molecule has 31 heavy (non-hydrogen) atoms. The standard InChI is InChI=1S/C22H15BrN4O3S/c23-16-5-7-18(8-6-16)27-31(28,29)19-11-9-17(10-12-19)25-14-15(13-24)22-26-20-3-1-2-4-21(20)30-22/h1-12,14,25,27H/b15-14+. The molecule has 1 heterocycles. The van der Waals surface area contributed by atoms with Crippen molar-refractivity contribution in [3.05, 3.63) is 89.4 Å². The van der Waals surface area contributed by atoms with Gasteiger partial charge in [0, 0.05) is 22.0 Å². The Labute approximate surface area is 187 Å². The predicted octanol–water partition coefficient (Wildman–Crippen LogP) is 5.37. The van der Waals surface area contributed by atoms with Crippen LogP contribution in [-0.2, 0) is 10.0 Å². The van der Waals surface area contributed by atoms with Crippen LogP contribution in [0.15, 0.2) is 92.8 Å².